The fourth-order valence-corrected chi connectivity index (χ4v) is 4.13. The van der Waals surface area contributed by atoms with Crippen LogP contribution in [0.25, 0.3) is 0 Å². The maximum Gasteiger partial charge on any atom is 0.0408 e. The van der Waals surface area contributed by atoms with E-state index in [1.807, 2.05) is 0 Å². The highest BCUT2D eigenvalue weighted by molar-refractivity contribution is 5.54. The van der Waals surface area contributed by atoms with Gasteiger partial charge in [-0.3, -0.25) is 0 Å². The second kappa shape index (κ2) is 7.23. The Labute approximate surface area is 145 Å². The molecule has 1 atom stereocenters. The van der Waals surface area contributed by atoms with Gasteiger partial charge >= 0.3 is 0 Å². The Morgan fingerprint density at radius 3 is 2.42 bits per heavy atom. The number of rotatable bonds is 3. The van der Waals surface area contributed by atoms with E-state index in [0.29, 0.717) is 6.04 Å². The molecular formula is C22H26N2. The molecule has 0 saturated carbocycles. The first-order valence-corrected chi connectivity index (χ1v) is 9.23. The molecule has 0 aromatic heterocycles. The van der Waals surface area contributed by atoms with Gasteiger partial charge in [0.05, 0.1) is 0 Å². The summed E-state index contributed by atoms with van der Waals surface area (Å²) in [5.41, 5.74) is 6.01. The Morgan fingerprint density at radius 2 is 1.62 bits per heavy atom. The molecule has 2 heterocycles. The van der Waals surface area contributed by atoms with Crippen LogP contribution in [-0.4, -0.2) is 19.1 Å². The molecule has 0 aliphatic carbocycles. The van der Waals surface area contributed by atoms with Gasteiger partial charge in [0.15, 0.2) is 0 Å². The number of benzene rings is 2. The summed E-state index contributed by atoms with van der Waals surface area (Å²) in [5, 5.41) is 3.78. The van der Waals surface area contributed by atoms with Crippen LogP contribution < -0.4 is 10.2 Å². The van der Waals surface area contributed by atoms with Gasteiger partial charge in [-0.05, 0) is 49.0 Å². The van der Waals surface area contributed by atoms with Crippen LogP contribution >= 0.6 is 0 Å². The van der Waals surface area contributed by atoms with Gasteiger partial charge in [0, 0.05) is 36.9 Å². The molecule has 0 radical (unpaired) electrons. The molecule has 2 nitrogen and oxygen atoms in total. The lowest BCUT2D eigenvalue weighted by Crippen LogP contribution is -2.41. The van der Waals surface area contributed by atoms with Gasteiger partial charge in [-0.2, -0.15) is 0 Å². The van der Waals surface area contributed by atoms with Crippen molar-refractivity contribution in [2.24, 2.45) is 0 Å². The van der Waals surface area contributed by atoms with Gasteiger partial charge in [0.2, 0.25) is 0 Å². The van der Waals surface area contributed by atoms with Crippen LogP contribution in [0.3, 0.4) is 0 Å². The molecule has 0 saturated heterocycles. The third-order valence-corrected chi connectivity index (χ3v) is 5.30. The molecule has 1 unspecified atom stereocenters. The summed E-state index contributed by atoms with van der Waals surface area (Å²) >= 11 is 0. The van der Waals surface area contributed by atoms with Gasteiger partial charge in [0.1, 0.15) is 0 Å². The molecule has 2 heteroatoms. The first-order chi connectivity index (χ1) is 11.9. The van der Waals surface area contributed by atoms with Crippen LogP contribution in [0.2, 0.25) is 0 Å². The van der Waals surface area contributed by atoms with Crippen LogP contribution in [0, 0.1) is 0 Å². The summed E-state index contributed by atoms with van der Waals surface area (Å²) in [7, 11) is 0. The topological polar surface area (TPSA) is 15.3 Å². The number of nitrogens with zero attached hydrogens (tertiary/aromatic N) is 1. The zero-order valence-electron chi connectivity index (χ0n) is 14.2. The molecule has 2 aliphatic rings. The van der Waals surface area contributed by atoms with E-state index < -0.39 is 0 Å². The molecule has 2 aromatic carbocycles. The Morgan fingerprint density at radius 1 is 0.875 bits per heavy atom. The highest BCUT2D eigenvalue weighted by Crippen LogP contribution is 2.33. The van der Waals surface area contributed by atoms with Gasteiger partial charge in [-0.15, -0.1) is 0 Å². The van der Waals surface area contributed by atoms with Crippen LogP contribution in [0.15, 0.2) is 71.9 Å². The minimum Gasteiger partial charge on any atom is -0.345 e. The lowest BCUT2D eigenvalue weighted by Gasteiger charge is -2.35. The van der Waals surface area contributed by atoms with E-state index in [-0.39, 0.29) is 0 Å². The van der Waals surface area contributed by atoms with Crippen LogP contribution in [0.5, 0.6) is 0 Å². The molecule has 2 aliphatic heterocycles. The largest absolute Gasteiger partial charge is 0.345 e. The fraction of sp³-hybridized carbons (Fsp3) is 0.364. The standard InChI is InChI=1S/C22H26N2/c1-3-9-18(10-4-1)17-21-20-13-7-8-16-24(22(20)14-15-23-21)19-11-5-2-6-12-19/h1-6,9-12,21,23H,7-8,13-17H2. The van der Waals surface area contributed by atoms with E-state index >= 15 is 0 Å². The minimum atomic E-state index is 0.487. The van der Waals surface area contributed by atoms with Crippen molar-refractivity contribution in [1.29, 1.82) is 0 Å². The lowest BCUT2D eigenvalue weighted by atomic mass is 9.90. The van der Waals surface area contributed by atoms with Crippen molar-refractivity contribution in [3.63, 3.8) is 0 Å². The molecule has 0 fully saturated rings. The molecule has 0 amide bonds. The number of hydrogen-bond donors (Lipinski definition) is 1. The minimum absolute atomic E-state index is 0.487. The first kappa shape index (κ1) is 15.5. The quantitative estimate of drug-likeness (QED) is 0.894. The van der Waals surface area contributed by atoms with E-state index in [1.54, 1.807) is 11.3 Å². The molecule has 2 aromatic rings. The van der Waals surface area contributed by atoms with Crippen molar-refractivity contribution in [1.82, 2.24) is 5.32 Å². The highest BCUT2D eigenvalue weighted by atomic mass is 15.2. The van der Waals surface area contributed by atoms with Gasteiger partial charge < -0.3 is 10.2 Å². The zero-order chi connectivity index (χ0) is 16.2. The monoisotopic (exact) mass is 318 g/mol. The van der Waals surface area contributed by atoms with Gasteiger partial charge in [-0.25, -0.2) is 0 Å². The molecule has 124 valence electrons. The summed E-state index contributed by atoms with van der Waals surface area (Å²) in [5.74, 6) is 0. The molecule has 4 rings (SSSR count). The van der Waals surface area contributed by atoms with E-state index in [9.17, 15) is 0 Å². The Kier molecular flexibility index (Phi) is 4.66. The Balaban J connectivity index is 1.66. The van der Waals surface area contributed by atoms with Crippen LogP contribution in [-0.2, 0) is 6.42 Å². The smallest absolute Gasteiger partial charge is 0.0408 e. The number of nitrogens with one attached hydrogen (secondary N) is 1. The average molecular weight is 318 g/mol. The van der Waals surface area contributed by atoms with E-state index in [0.717, 1.165) is 25.9 Å². The van der Waals surface area contributed by atoms with E-state index in [1.165, 1.54) is 30.5 Å². The first-order valence-electron chi connectivity index (χ1n) is 9.23. The summed E-state index contributed by atoms with van der Waals surface area (Å²) < 4.78 is 0. The third-order valence-electron chi connectivity index (χ3n) is 5.30. The summed E-state index contributed by atoms with van der Waals surface area (Å²) in [6, 6.07) is 22.3. The predicted molar refractivity (Wildman–Crippen MR) is 101 cm³/mol. The maximum absolute atomic E-state index is 3.78. The second-order valence-electron chi connectivity index (χ2n) is 6.86. The van der Waals surface area contributed by atoms with Crippen molar-refractivity contribution in [3.8, 4) is 0 Å². The van der Waals surface area contributed by atoms with Crippen LogP contribution in [0.4, 0.5) is 5.69 Å². The molecule has 0 spiro atoms. The number of anilines is 1. The predicted octanol–water partition coefficient (Wildman–Crippen LogP) is 4.54. The average Bonchev–Trinajstić information content (AvgIpc) is 2.87. The van der Waals surface area contributed by atoms with Gasteiger partial charge in [-0.1, -0.05) is 48.5 Å². The summed E-state index contributed by atoms with van der Waals surface area (Å²) in [4.78, 5) is 2.58. The zero-order valence-corrected chi connectivity index (χ0v) is 14.2. The summed E-state index contributed by atoms with van der Waals surface area (Å²) in [6.07, 6.45) is 6.07. The molecule has 1 N–H and O–H groups in total. The lowest BCUT2D eigenvalue weighted by molar-refractivity contribution is 0.512. The van der Waals surface area contributed by atoms with E-state index in [2.05, 4.69) is 70.9 Å². The molecule has 24 heavy (non-hydrogen) atoms. The van der Waals surface area contributed by atoms with Crippen LogP contribution in [0.1, 0.15) is 31.2 Å². The maximum atomic E-state index is 3.78. The van der Waals surface area contributed by atoms with E-state index in [4.69, 9.17) is 0 Å². The van der Waals surface area contributed by atoms with Gasteiger partial charge in [0.25, 0.3) is 0 Å². The van der Waals surface area contributed by atoms with Crippen molar-refractivity contribution in [2.75, 3.05) is 18.0 Å². The van der Waals surface area contributed by atoms with Crippen molar-refractivity contribution in [3.05, 3.63) is 77.5 Å². The Hall–Kier alpha value is -2.06. The highest BCUT2D eigenvalue weighted by Gasteiger charge is 2.28. The second-order valence-corrected chi connectivity index (χ2v) is 6.86. The normalized spacial score (nSPS) is 21.3. The Bertz CT molecular complexity index is 690. The number of para-hydroxylation sites is 1. The number of hydrogen-bond acceptors (Lipinski definition) is 2. The summed E-state index contributed by atoms with van der Waals surface area (Å²) in [6.45, 7) is 2.24. The van der Waals surface area contributed by atoms with Crippen molar-refractivity contribution in [2.45, 2.75) is 38.1 Å². The fourth-order valence-electron chi connectivity index (χ4n) is 4.13. The molecule has 0 bridgehead atoms. The molecular weight excluding hydrogens is 292 g/mol. The SMILES string of the molecule is c1ccc(CC2NCCC3=C2CCCCN3c2ccccc2)cc1. The third kappa shape index (κ3) is 3.25. The van der Waals surface area contributed by atoms with Crippen molar-refractivity contribution >= 4 is 5.69 Å². The van der Waals surface area contributed by atoms with Crippen molar-refractivity contribution < 1.29 is 0 Å².